The minimum atomic E-state index is -0.161. The van der Waals surface area contributed by atoms with E-state index in [0.29, 0.717) is 0 Å². The van der Waals surface area contributed by atoms with Gasteiger partial charge in [-0.1, -0.05) is 18.2 Å². The molecule has 2 aromatic heterocycles. The van der Waals surface area contributed by atoms with E-state index in [-0.39, 0.29) is 5.54 Å². The normalized spacial score (nSPS) is 20.5. The van der Waals surface area contributed by atoms with Crippen LogP contribution in [0, 0.1) is 0 Å². The first-order valence-corrected chi connectivity index (χ1v) is 7.26. The molecular formula is C16H14N2S. The smallest absolute Gasteiger partial charge is 0.110 e. The van der Waals surface area contributed by atoms with Crippen LogP contribution in [0.4, 0.5) is 5.69 Å². The highest BCUT2D eigenvalue weighted by Gasteiger charge is 2.36. The number of nitrogens with zero attached hydrogens (tertiary/aromatic N) is 1. The van der Waals surface area contributed by atoms with Gasteiger partial charge in [0.25, 0.3) is 0 Å². The van der Waals surface area contributed by atoms with Gasteiger partial charge in [-0.3, -0.25) is 0 Å². The molecule has 1 aliphatic heterocycles. The molecule has 0 aliphatic carbocycles. The molecule has 1 atom stereocenters. The van der Waals surface area contributed by atoms with Crippen molar-refractivity contribution in [1.82, 2.24) is 4.57 Å². The van der Waals surface area contributed by atoms with E-state index in [2.05, 4.69) is 76.9 Å². The molecule has 0 saturated carbocycles. The quantitative estimate of drug-likeness (QED) is 0.697. The van der Waals surface area contributed by atoms with Gasteiger partial charge < -0.3 is 9.88 Å². The molecule has 3 heteroatoms. The lowest BCUT2D eigenvalue weighted by atomic mass is 9.92. The van der Waals surface area contributed by atoms with Gasteiger partial charge in [-0.25, -0.2) is 0 Å². The molecule has 0 bridgehead atoms. The summed E-state index contributed by atoms with van der Waals surface area (Å²) in [6.07, 6.45) is 2.14. The predicted molar refractivity (Wildman–Crippen MR) is 80.2 cm³/mol. The number of hydrogen-bond donors (Lipinski definition) is 1. The molecule has 3 heterocycles. The Morgan fingerprint density at radius 2 is 1.95 bits per heavy atom. The molecule has 0 fully saturated rings. The van der Waals surface area contributed by atoms with Crippen molar-refractivity contribution >= 4 is 17.0 Å². The first-order valence-electron chi connectivity index (χ1n) is 6.38. The Morgan fingerprint density at radius 1 is 1.05 bits per heavy atom. The molecule has 0 spiro atoms. The Balaban J connectivity index is 2.00. The molecule has 94 valence electrons. The van der Waals surface area contributed by atoms with Gasteiger partial charge >= 0.3 is 0 Å². The topological polar surface area (TPSA) is 17.0 Å². The van der Waals surface area contributed by atoms with Gasteiger partial charge in [0.2, 0.25) is 0 Å². The molecule has 4 rings (SSSR count). The van der Waals surface area contributed by atoms with Crippen molar-refractivity contribution in [1.29, 1.82) is 0 Å². The van der Waals surface area contributed by atoms with Crippen molar-refractivity contribution in [2.45, 2.75) is 12.5 Å². The van der Waals surface area contributed by atoms with Gasteiger partial charge in [0, 0.05) is 11.1 Å². The van der Waals surface area contributed by atoms with E-state index in [4.69, 9.17) is 0 Å². The maximum Gasteiger partial charge on any atom is 0.110 e. The maximum atomic E-state index is 3.71. The van der Waals surface area contributed by atoms with Crippen LogP contribution in [0.3, 0.4) is 0 Å². The highest BCUT2D eigenvalue weighted by atomic mass is 32.1. The third-order valence-corrected chi connectivity index (χ3v) is 4.91. The van der Waals surface area contributed by atoms with Crippen LogP contribution in [-0.2, 0) is 5.54 Å². The van der Waals surface area contributed by atoms with Crippen LogP contribution in [0.1, 0.15) is 17.5 Å². The van der Waals surface area contributed by atoms with Crippen LogP contribution in [0.2, 0.25) is 0 Å². The second-order valence-corrected chi connectivity index (χ2v) is 5.96. The summed E-state index contributed by atoms with van der Waals surface area (Å²) in [4.78, 5) is 1.34. The van der Waals surface area contributed by atoms with Gasteiger partial charge in [-0.15, -0.1) is 11.3 Å². The van der Waals surface area contributed by atoms with Crippen molar-refractivity contribution in [2.24, 2.45) is 0 Å². The van der Waals surface area contributed by atoms with Crippen LogP contribution in [0.5, 0.6) is 0 Å². The van der Waals surface area contributed by atoms with E-state index in [0.717, 1.165) is 0 Å². The summed E-state index contributed by atoms with van der Waals surface area (Å²) in [5.41, 5.74) is 3.53. The van der Waals surface area contributed by atoms with E-state index in [9.17, 15) is 0 Å². The first-order chi connectivity index (χ1) is 9.29. The minimum absolute atomic E-state index is 0.161. The van der Waals surface area contributed by atoms with Gasteiger partial charge in [0.15, 0.2) is 0 Å². The van der Waals surface area contributed by atoms with Crippen molar-refractivity contribution < 1.29 is 0 Å². The zero-order valence-corrected chi connectivity index (χ0v) is 11.4. The average molecular weight is 266 g/mol. The molecular weight excluding hydrogens is 252 g/mol. The molecule has 19 heavy (non-hydrogen) atoms. The molecule has 1 aromatic carbocycles. The molecule has 0 radical (unpaired) electrons. The number of benzene rings is 1. The SMILES string of the molecule is CC1(c2cccs2)Nc2ccccc2-n2cccc21. The highest BCUT2D eigenvalue weighted by Crippen LogP contribution is 2.42. The van der Waals surface area contributed by atoms with Crippen LogP contribution in [0.15, 0.2) is 60.1 Å². The fourth-order valence-electron chi connectivity index (χ4n) is 2.87. The Morgan fingerprint density at radius 3 is 2.79 bits per heavy atom. The minimum Gasteiger partial charge on any atom is -0.368 e. The highest BCUT2D eigenvalue weighted by molar-refractivity contribution is 7.10. The standard InChI is InChI=1S/C16H14N2S/c1-16(15-9-5-11-19-15)14-8-4-10-18(14)13-7-3-2-6-12(13)17-16/h2-11,17H,1H3. The summed E-state index contributed by atoms with van der Waals surface area (Å²) >= 11 is 1.79. The van der Waals surface area contributed by atoms with E-state index in [1.807, 2.05) is 0 Å². The van der Waals surface area contributed by atoms with Crippen LogP contribution < -0.4 is 5.32 Å². The summed E-state index contributed by atoms with van der Waals surface area (Å²) in [6, 6.07) is 17.1. The number of nitrogens with one attached hydrogen (secondary N) is 1. The third-order valence-electron chi connectivity index (χ3n) is 3.82. The number of aromatic nitrogens is 1. The van der Waals surface area contributed by atoms with Crippen LogP contribution >= 0.6 is 11.3 Å². The number of anilines is 1. The third kappa shape index (κ3) is 1.42. The number of thiophene rings is 1. The van der Waals surface area contributed by atoms with Crippen molar-refractivity contribution in [2.75, 3.05) is 5.32 Å². The van der Waals surface area contributed by atoms with Crippen LogP contribution in [0.25, 0.3) is 5.69 Å². The number of rotatable bonds is 1. The van der Waals surface area contributed by atoms with Gasteiger partial charge in [0.05, 0.1) is 17.1 Å². The summed E-state index contributed by atoms with van der Waals surface area (Å²) < 4.78 is 2.28. The van der Waals surface area contributed by atoms with E-state index in [1.54, 1.807) is 11.3 Å². The van der Waals surface area contributed by atoms with Gasteiger partial charge in [-0.2, -0.15) is 0 Å². The summed E-state index contributed by atoms with van der Waals surface area (Å²) in [5, 5.41) is 5.84. The molecule has 0 amide bonds. The van der Waals surface area contributed by atoms with Gasteiger partial charge in [0.1, 0.15) is 5.54 Å². The first kappa shape index (κ1) is 10.9. The van der Waals surface area contributed by atoms with Crippen molar-refractivity contribution in [3.63, 3.8) is 0 Å². The van der Waals surface area contributed by atoms with Gasteiger partial charge in [-0.05, 0) is 42.6 Å². The Hall–Kier alpha value is -2.00. The number of para-hydroxylation sites is 2. The van der Waals surface area contributed by atoms with E-state index in [1.165, 1.54) is 21.9 Å². The number of fused-ring (bicyclic) bond motifs is 3. The molecule has 1 unspecified atom stereocenters. The fraction of sp³-hybridized carbons (Fsp3) is 0.125. The molecule has 1 aliphatic rings. The van der Waals surface area contributed by atoms with E-state index >= 15 is 0 Å². The lowest BCUT2D eigenvalue weighted by Crippen LogP contribution is -2.37. The average Bonchev–Trinajstić information content (AvgIpc) is 3.11. The molecule has 3 aromatic rings. The van der Waals surface area contributed by atoms with Crippen LogP contribution in [-0.4, -0.2) is 4.57 Å². The lowest BCUT2D eigenvalue weighted by Gasteiger charge is -2.37. The van der Waals surface area contributed by atoms with E-state index < -0.39 is 0 Å². The molecule has 0 saturated heterocycles. The maximum absolute atomic E-state index is 3.71. The predicted octanol–water partition coefficient (Wildman–Crippen LogP) is 4.23. The number of hydrogen-bond acceptors (Lipinski definition) is 2. The zero-order chi connectivity index (χ0) is 12.9. The zero-order valence-electron chi connectivity index (χ0n) is 10.6. The lowest BCUT2D eigenvalue weighted by molar-refractivity contribution is 0.615. The second-order valence-electron chi connectivity index (χ2n) is 5.01. The van der Waals surface area contributed by atoms with Crippen molar-refractivity contribution in [3.8, 4) is 5.69 Å². The second kappa shape index (κ2) is 3.75. The summed E-state index contributed by atoms with van der Waals surface area (Å²) in [5.74, 6) is 0. The Labute approximate surface area is 116 Å². The summed E-state index contributed by atoms with van der Waals surface area (Å²) in [7, 11) is 0. The molecule has 1 N–H and O–H groups in total. The monoisotopic (exact) mass is 266 g/mol. The fourth-order valence-corrected chi connectivity index (χ4v) is 3.72. The Bertz CT molecular complexity index is 727. The Kier molecular flexibility index (Phi) is 2.15. The largest absolute Gasteiger partial charge is 0.368 e. The van der Waals surface area contributed by atoms with Crippen molar-refractivity contribution in [3.05, 3.63) is 70.7 Å². The molecule has 2 nitrogen and oxygen atoms in total. The summed E-state index contributed by atoms with van der Waals surface area (Å²) in [6.45, 7) is 2.25.